The summed E-state index contributed by atoms with van der Waals surface area (Å²) < 4.78 is 0. The lowest BCUT2D eigenvalue weighted by Crippen LogP contribution is -2.42. The molecule has 5 heteroatoms. The van der Waals surface area contributed by atoms with Crippen molar-refractivity contribution >= 4 is 16.5 Å². The molecule has 4 nitrogen and oxygen atoms in total. The molecule has 2 unspecified atom stereocenters. The highest BCUT2D eigenvalue weighted by Gasteiger charge is 2.26. The minimum atomic E-state index is -0.177. The van der Waals surface area contributed by atoms with E-state index in [0.717, 1.165) is 30.7 Å². The Hall–Kier alpha value is -0.650. The molecule has 0 bridgehead atoms. The Morgan fingerprint density at radius 3 is 2.94 bits per heavy atom. The van der Waals surface area contributed by atoms with Crippen molar-refractivity contribution in [3.63, 3.8) is 0 Å². The summed E-state index contributed by atoms with van der Waals surface area (Å²) in [5, 5.41) is 10.6. The van der Waals surface area contributed by atoms with Crippen molar-refractivity contribution in [2.45, 2.75) is 44.4 Å². The van der Waals surface area contributed by atoms with Gasteiger partial charge in [-0.05, 0) is 19.9 Å². The molecular formula is C11H19N3OS. The molecule has 2 atom stereocenters. The highest BCUT2D eigenvalue weighted by atomic mass is 32.1. The van der Waals surface area contributed by atoms with Crippen molar-refractivity contribution in [3.05, 3.63) is 11.1 Å². The molecule has 1 aliphatic carbocycles. The first kappa shape index (κ1) is 11.8. The zero-order chi connectivity index (χ0) is 11.5. The van der Waals surface area contributed by atoms with Crippen LogP contribution in [0.15, 0.2) is 6.20 Å². The lowest BCUT2D eigenvalue weighted by molar-refractivity contribution is 0.0292. The first-order valence-electron chi connectivity index (χ1n) is 5.75. The molecule has 0 radical (unpaired) electrons. The minimum Gasteiger partial charge on any atom is -0.391 e. The van der Waals surface area contributed by atoms with Gasteiger partial charge >= 0.3 is 0 Å². The second-order valence-corrected chi connectivity index (χ2v) is 5.65. The Morgan fingerprint density at radius 2 is 2.31 bits per heavy atom. The summed E-state index contributed by atoms with van der Waals surface area (Å²) in [5.74, 6) is 0. The van der Waals surface area contributed by atoms with Gasteiger partial charge in [0.05, 0.1) is 6.10 Å². The van der Waals surface area contributed by atoms with Crippen molar-refractivity contribution < 1.29 is 5.11 Å². The summed E-state index contributed by atoms with van der Waals surface area (Å²) in [6.07, 6.45) is 6.04. The third-order valence-electron chi connectivity index (χ3n) is 3.24. The first-order chi connectivity index (χ1) is 7.66. The lowest BCUT2D eigenvalue weighted by Gasteiger charge is -2.34. The molecule has 0 amide bonds. The molecule has 0 aliphatic heterocycles. The van der Waals surface area contributed by atoms with E-state index in [4.69, 9.17) is 5.73 Å². The van der Waals surface area contributed by atoms with Gasteiger partial charge in [-0.2, -0.15) is 0 Å². The van der Waals surface area contributed by atoms with E-state index in [1.165, 1.54) is 17.8 Å². The summed E-state index contributed by atoms with van der Waals surface area (Å²) in [6, 6.07) is 0.289. The smallest absolute Gasteiger partial charge is 0.180 e. The molecule has 1 heterocycles. The second kappa shape index (κ2) is 5.12. The fraction of sp³-hybridized carbons (Fsp3) is 0.727. The lowest BCUT2D eigenvalue weighted by atomic mass is 9.91. The van der Waals surface area contributed by atoms with Crippen LogP contribution in [0.1, 0.15) is 30.6 Å². The van der Waals surface area contributed by atoms with Gasteiger partial charge in [-0.25, -0.2) is 4.98 Å². The van der Waals surface area contributed by atoms with Gasteiger partial charge in [0, 0.05) is 23.7 Å². The van der Waals surface area contributed by atoms with Crippen molar-refractivity contribution in [3.8, 4) is 0 Å². The van der Waals surface area contributed by atoms with E-state index in [-0.39, 0.29) is 12.1 Å². The van der Waals surface area contributed by atoms with Gasteiger partial charge in [0.15, 0.2) is 5.13 Å². The number of anilines is 1. The van der Waals surface area contributed by atoms with E-state index in [2.05, 4.69) is 16.9 Å². The number of aromatic nitrogens is 1. The van der Waals surface area contributed by atoms with Crippen LogP contribution in [0.25, 0.3) is 0 Å². The summed E-state index contributed by atoms with van der Waals surface area (Å²) in [4.78, 5) is 7.42. The molecule has 90 valence electrons. The maximum absolute atomic E-state index is 9.94. The van der Waals surface area contributed by atoms with Crippen LogP contribution in [0.4, 0.5) is 5.13 Å². The SMILES string of the molecule is CN(Cc1cnc(N)s1)C1CCCCC1O. The number of rotatable bonds is 3. The predicted octanol–water partition coefficient (Wildman–Crippen LogP) is 1.46. The molecule has 16 heavy (non-hydrogen) atoms. The van der Waals surface area contributed by atoms with E-state index in [9.17, 15) is 5.11 Å². The van der Waals surface area contributed by atoms with E-state index in [1.54, 1.807) is 0 Å². The fourth-order valence-corrected chi connectivity index (χ4v) is 3.11. The maximum atomic E-state index is 9.94. The number of nitrogens with zero attached hydrogens (tertiary/aromatic N) is 2. The standard InChI is InChI=1S/C11H19N3OS/c1-14(7-8-6-13-11(12)16-8)9-4-2-3-5-10(9)15/h6,9-10,15H,2-5,7H2,1H3,(H2,12,13). The number of aliphatic hydroxyl groups excluding tert-OH is 1. The highest BCUT2D eigenvalue weighted by Crippen LogP contribution is 2.25. The van der Waals surface area contributed by atoms with E-state index >= 15 is 0 Å². The Kier molecular flexibility index (Phi) is 3.78. The Labute approximate surface area is 100 Å². The van der Waals surface area contributed by atoms with Crippen molar-refractivity contribution in [2.75, 3.05) is 12.8 Å². The molecule has 1 aromatic rings. The van der Waals surface area contributed by atoms with Gasteiger partial charge in [-0.15, -0.1) is 11.3 Å². The topological polar surface area (TPSA) is 62.4 Å². The van der Waals surface area contributed by atoms with Crippen LogP contribution in [0.3, 0.4) is 0 Å². The van der Waals surface area contributed by atoms with Gasteiger partial charge in [0.1, 0.15) is 0 Å². The quantitative estimate of drug-likeness (QED) is 0.841. The molecule has 3 N–H and O–H groups in total. The normalized spacial score (nSPS) is 26.2. The summed E-state index contributed by atoms with van der Waals surface area (Å²) >= 11 is 1.52. The number of thiazole rings is 1. The van der Waals surface area contributed by atoms with Gasteiger partial charge < -0.3 is 10.8 Å². The average Bonchev–Trinajstić information content (AvgIpc) is 2.64. The van der Waals surface area contributed by atoms with Crippen LogP contribution in [0.5, 0.6) is 0 Å². The summed E-state index contributed by atoms with van der Waals surface area (Å²) in [7, 11) is 2.06. The Bertz CT molecular complexity index is 342. The zero-order valence-electron chi connectivity index (χ0n) is 9.59. The second-order valence-electron chi connectivity index (χ2n) is 4.50. The molecule has 1 fully saturated rings. The number of nitrogens with two attached hydrogens (primary N) is 1. The van der Waals surface area contributed by atoms with Crippen molar-refractivity contribution in [2.24, 2.45) is 0 Å². The number of nitrogen functional groups attached to an aromatic ring is 1. The van der Waals surface area contributed by atoms with Gasteiger partial charge in [0.25, 0.3) is 0 Å². The molecule has 1 aliphatic rings. The van der Waals surface area contributed by atoms with E-state index in [1.807, 2.05) is 6.20 Å². The van der Waals surface area contributed by atoms with Crippen LogP contribution in [0.2, 0.25) is 0 Å². The number of aliphatic hydroxyl groups is 1. The van der Waals surface area contributed by atoms with Crippen LogP contribution >= 0.6 is 11.3 Å². The third-order valence-corrected chi connectivity index (χ3v) is 4.05. The zero-order valence-corrected chi connectivity index (χ0v) is 10.4. The van der Waals surface area contributed by atoms with Crippen molar-refractivity contribution in [1.29, 1.82) is 0 Å². The van der Waals surface area contributed by atoms with Gasteiger partial charge in [-0.3, -0.25) is 4.90 Å². The van der Waals surface area contributed by atoms with E-state index in [0.29, 0.717) is 5.13 Å². The monoisotopic (exact) mass is 241 g/mol. The Morgan fingerprint density at radius 1 is 1.56 bits per heavy atom. The number of likely N-dealkylation sites (N-methyl/N-ethyl adjacent to an activating group) is 1. The van der Waals surface area contributed by atoms with Crippen LogP contribution in [-0.4, -0.2) is 34.2 Å². The van der Waals surface area contributed by atoms with Crippen molar-refractivity contribution in [1.82, 2.24) is 9.88 Å². The fourth-order valence-electron chi connectivity index (χ4n) is 2.36. The molecular weight excluding hydrogens is 222 g/mol. The molecule has 1 saturated carbocycles. The third kappa shape index (κ3) is 2.72. The maximum Gasteiger partial charge on any atom is 0.180 e. The van der Waals surface area contributed by atoms with E-state index < -0.39 is 0 Å². The molecule has 1 aromatic heterocycles. The van der Waals surface area contributed by atoms with Crippen LogP contribution in [0, 0.1) is 0 Å². The highest BCUT2D eigenvalue weighted by molar-refractivity contribution is 7.15. The predicted molar refractivity (Wildman–Crippen MR) is 66.3 cm³/mol. The summed E-state index contributed by atoms with van der Waals surface area (Å²) in [6.45, 7) is 0.830. The number of hydrogen-bond acceptors (Lipinski definition) is 5. The molecule has 0 saturated heterocycles. The molecule has 0 aromatic carbocycles. The Balaban J connectivity index is 1.93. The molecule has 2 rings (SSSR count). The average molecular weight is 241 g/mol. The number of hydrogen-bond donors (Lipinski definition) is 2. The van der Waals surface area contributed by atoms with Gasteiger partial charge in [-0.1, -0.05) is 12.8 Å². The van der Waals surface area contributed by atoms with Crippen LogP contribution < -0.4 is 5.73 Å². The van der Waals surface area contributed by atoms with Gasteiger partial charge in [0.2, 0.25) is 0 Å². The first-order valence-corrected chi connectivity index (χ1v) is 6.57. The van der Waals surface area contributed by atoms with Crippen LogP contribution in [-0.2, 0) is 6.54 Å². The summed E-state index contributed by atoms with van der Waals surface area (Å²) in [5.41, 5.74) is 5.60. The minimum absolute atomic E-state index is 0.177. The molecule has 0 spiro atoms. The largest absolute Gasteiger partial charge is 0.391 e.